The second kappa shape index (κ2) is 7.55. The Morgan fingerprint density at radius 3 is 2.73 bits per heavy atom. The molecular weight excluding hydrogens is 202 g/mol. The lowest BCUT2D eigenvalue weighted by atomic mass is 10.2. The average molecular weight is 221 g/mol. The summed E-state index contributed by atoms with van der Waals surface area (Å²) in [6.07, 6.45) is 1.07. The van der Waals surface area contributed by atoms with E-state index in [2.05, 4.69) is 43.1 Å². The van der Waals surface area contributed by atoms with Crippen LogP contribution in [-0.2, 0) is 0 Å². The van der Waals surface area contributed by atoms with Crippen LogP contribution in [0.4, 0.5) is 0 Å². The van der Waals surface area contributed by atoms with Crippen molar-refractivity contribution in [2.24, 2.45) is 0 Å². The molecule has 0 aliphatic carbocycles. The van der Waals surface area contributed by atoms with Crippen molar-refractivity contribution in [3.63, 3.8) is 0 Å². The lowest BCUT2D eigenvalue weighted by molar-refractivity contribution is 0.766. The van der Waals surface area contributed by atoms with E-state index >= 15 is 0 Å². The summed E-state index contributed by atoms with van der Waals surface area (Å²) >= 11 is 1.89. The predicted molar refractivity (Wildman–Crippen MR) is 69.5 cm³/mol. The Kier molecular flexibility index (Phi) is 6.21. The van der Waals surface area contributed by atoms with Gasteiger partial charge in [-0.15, -0.1) is 11.8 Å². The second-order valence-corrected chi connectivity index (χ2v) is 4.61. The molecule has 1 aromatic carbocycles. The molecule has 0 heterocycles. The molecule has 1 aromatic rings. The number of hydrogen-bond donors (Lipinski definition) is 1. The number of nitrogens with one attached hydrogen (secondary N) is 1. The van der Waals surface area contributed by atoms with Gasteiger partial charge in [-0.2, -0.15) is 0 Å². The normalized spacial score (nSPS) is 10.2. The van der Waals surface area contributed by atoms with E-state index in [-0.39, 0.29) is 0 Å². The summed E-state index contributed by atoms with van der Waals surface area (Å²) in [5, 5.41) is 3.39. The van der Waals surface area contributed by atoms with Gasteiger partial charge in [0, 0.05) is 23.7 Å². The third-order valence-electron chi connectivity index (χ3n) is 2.17. The number of rotatable bonds is 7. The first-order chi connectivity index (χ1) is 7.33. The maximum atomic E-state index is 3.96. The summed E-state index contributed by atoms with van der Waals surface area (Å²) in [7, 11) is 0. The minimum Gasteiger partial charge on any atom is -0.312 e. The van der Waals surface area contributed by atoms with Gasteiger partial charge in [0.25, 0.3) is 0 Å². The third kappa shape index (κ3) is 5.65. The van der Waals surface area contributed by atoms with E-state index < -0.39 is 0 Å². The molecule has 0 unspecified atom stereocenters. The highest BCUT2D eigenvalue weighted by molar-refractivity contribution is 7.99. The zero-order valence-corrected chi connectivity index (χ0v) is 10.1. The summed E-state index contributed by atoms with van der Waals surface area (Å²) in [5.41, 5.74) is 1.28. The standard InChI is InChI=1S/C13H19NS/c1-3-12(2)11-14-9-10-15-13-7-5-4-6-8-13/h4-8,14H,2-3,9-11H2,1H3. The van der Waals surface area contributed by atoms with E-state index in [9.17, 15) is 0 Å². The molecule has 2 heteroatoms. The van der Waals surface area contributed by atoms with Crippen molar-refractivity contribution in [1.29, 1.82) is 0 Å². The van der Waals surface area contributed by atoms with Crippen LogP contribution in [0.3, 0.4) is 0 Å². The molecule has 1 nitrogen and oxygen atoms in total. The fourth-order valence-corrected chi connectivity index (χ4v) is 1.98. The van der Waals surface area contributed by atoms with Crippen molar-refractivity contribution in [1.82, 2.24) is 5.32 Å². The molecule has 0 amide bonds. The van der Waals surface area contributed by atoms with Gasteiger partial charge < -0.3 is 5.32 Å². The summed E-state index contributed by atoms with van der Waals surface area (Å²) in [6, 6.07) is 10.5. The first-order valence-electron chi connectivity index (χ1n) is 5.38. The van der Waals surface area contributed by atoms with Gasteiger partial charge in [-0.1, -0.05) is 37.3 Å². The fourth-order valence-electron chi connectivity index (χ4n) is 1.15. The third-order valence-corrected chi connectivity index (χ3v) is 3.18. The first kappa shape index (κ1) is 12.3. The average Bonchev–Trinajstić information content (AvgIpc) is 2.29. The molecule has 0 fully saturated rings. The van der Waals surface area contributed by atoms with E-state index in [1.807, 2.05) is 17.8 Å². The molecule has 15 heavy (non-hydrogen) atoms. The Hall–Kier alpha value is -0.730. The molecule has 0 aromatic heterocycles. The fraction of sp³-hybridized carbons (Fsp3) is 0.385. The molecule has 0 saturated heterocycles. The highest BCUT2D eigenvalue weighted by Gasteiger charge is 1.93. The molecule has 0 radical (unpaired) electrons. The zero-order chi connectivity index (χ0) is 10.9. The van der Waals surface area contributed by atoms with Gasteiger partial charge in [0.05, 0.1) is 0 Å². The zero-order valence-electron chi connectivity index (χ0n) is 9.33. The second-order valence-electron chi connectivity index (χ2n) is 3.44. The minimum atomic E-state index is 0.950. The number of hydrogen-bond acceptors (Lipinski definition) is 2. The molecule has 0 aliphatic heterocycles. The van der Waals surface area contributed by atoms with Crippen LogP contribution in [0, 0.1) is 0 Å². The maximum absolute atomic E-state index is 3.96. The highest BCUT2D eigenvalue weighted by Crippen LogP contribution is 2.15. The molecule has 0 saturated carbocycles. The molecule has 82 valence electrons. The maximum Gasteiger partial charge on any atom is 0.0162 e. The van der Waals surface area contributed by atoms with Gasteiger partial charge in [0.2, 0.25) is 0 Å². The van der Waals surface area contributed by atoms with E-state index in [0.717, 1.165) is 25.3 Å². The van der Waals surface area contributed by atoms with E-state index in [0.29, 0.717) is 0 Å². The van der Waals surface area contributed by atoms with Crippen molar-refractivity contribution in [2.75, 3.05) is 18.8 Å². The SMILES string of the molecule is C=C(CC)CNCCSc1ccccc1. The number of benzene rings is 1. The molecule has 0 atom stereocenters. The molecule has 0 bridgehead atoms. The van der Waals surface area contributed by atoms with Crippen LogP contribution in [-0.4, -0.2) is 18.8 Å². The lowest BCUT2D eigenvalue weighted by Crippen LogP contribution is -2.19. The summed E-state index contributed by atoms with van der Waals surface area (Å²) in [4.78, 5) is 1.34. The minimum absolute atomic E-state index is 0.950. The van der Waals surface area contributed by atoms with Gasteiger partial charge in [-0.25, -0.2) is 0 Å². The summed E-state index contributed by atoms with van der Waals surface area (Å²) < 4.78 is 0. The van der Waals surface area contributed by atoms with Crippen molar-refractivity contribution < 1.29 is 0 Å². The molecule has 1 N–H and O–H groups in total. The van der Waals surface area contributed by atoms with Gasteiger partial charge in [-0.05, 0) is 18.6 Å². The van der Waals surface area contributed by atoms with Crippen LogP contribution in [0.2, 0.25) is 0 Å². The van der Waals surface area contributed by atoms with Crippen LogP contribution < -0.4 is 5.32 Å². The lowest BCUT2D eigenvalue weighted by Gasteiger charge is -2.05. The highest BCUT2D eigenvalue weighted by atomic mass is 32.2. The summed E-state index contributed by atoms with van der Waals surface area (Å²) in [5.74, 6) is 1.11. The van der Waals surface area contributed by atoms with Crippen LogP contribution >= 0.6 is 11.8 Å². The Morgan fingerprint density at radius 2 is 2.07 bits per heavy atom. The van der Waals surface area contributed by atoms with Crippen LogP contribution in [0.1, 0.15) is 13.3 Å². The van der Waals surface area contributed by atoms with Crippen molar-refractivity contribution in [3.05, 3.63) is 42.5 Å². The van der Waals surface area contributed by atoms with E-state index in [1.54, 1.807) is 0 Å². The monoisotopic (exact) mass is 221 g/mol. The van der Waals surface area contributed by atoms with Crippen molar-refractivity contribution in [2.45, 2.75) is 18.2 Å². The quantitative estimate of drug-likeness (QED) is 0.430. The van der Waals surface area contributed by atoms with Crippen LogP contribution in [0.25, 0.3) is 0 Å². The van der Waals surface area contributed by atoms with Crippen molar-refractivity contribution in [3.8, 4) is 0 Å². The smallest absolute Gasteiger partial charge is 0.0162 e. The Bertz CT molecular complexity index is 282. The van der Waals surface area contributed by atoms with Crippen LogP contribution in [0.15, 0.2) is 47.4 Å². The van der Waals surface area contributed by atoms with Crippen LogP contribution in [0.5, 0.6) is 0 Å². The first-order valence-corrected chi connectivity index (χ1v) is 6.36. The molecule has 0 spiro atoms. The topological polar surface area (TPSA) is 12.0 Å². The van der Waals surface area contributed by atoms with Gasteiger partial charge in [-0.3, -0.25) is 0 Å². The Morgan fingerprint density at radius 1 is 1.33 bits per heavy atom. The molecule has 0 aliphatic rings. The van der Waals surface area contributed by atoms with Crippen molar-refractivity contribution >= 4 is 11.8 Å². The van der Waals surface area contributed by atoms with E-state index in [1.165, 1.54) is 10.5 Å². The van der Waals surface area contributed by atoms with E-state index in [4.69, 9.17) is 0 Å². The molecule has 1 rings (SSSR count). The van der Waals surface area contributed by atoms with Gasteiger partial charge in [0.15, 0.2) is 0 Å². The molecular formula is C13H19NS. The number of thioether (sulfide) groups is 1. The van der Waals surface area contributed by atoms with Gasteiger partial charge >= 0.3 is 0 Å². The largest absolute Gasteiger partial charge is 0.312 e. The Balaban J connectivity index is 2.05. The summed E-state index contributed by atoms with van der Waals surface area (Å²) in [6.45, 7) is 8.09. The predicted octanol–water partition coefficient (Wildman–Crippen LogP) is 3.33. The van der Waals surface area contributed by atoms with Gasteiger partial charge in [0.1, 0.15) is 0 Å². The Labute approximate surface area is 97.0 Å².